The van der Waals surface area contributed by atoms with Crippen LogP contribution in [0.3, 0.4) is 0 Å². The largest absolute Gasteiger partial charge is 0.392 e. The molecule has 1 unspecified atom stereocenters. The monoisotopic (exact) mass is 386 g/mol. The Morgan fingerprint density at radius 3 is 2.57 bits per heavy atom. The molecule has 0 bridgehead atoms. The Morgan fingerprint density at radius 2 is 1.89 bits per heavy atom. The number of anilines is 1. The first-order valence-corrected chi connectivity index (χ1v) is 9.38. The molecule has 4 atom stereocenters. The molecule has 2 aliphatic heterocycles. The summed E-state index contributed by atoms with van der Waals surface area (Å²) in [5, 5.41) is 15.2. The molecule has 1 aliphatic carbocycles. The van der Waals surface area contributed by atoms with E-state index >= 15 is 0 Å². The van der Waals surface area contributed by atoms with E-state index in [0.29, 0.717) is 18.7 Å². The van der Waals surface area contributed by atoms with Crippen LogP contribution in [0.5, 0.6) is 0 Å². The number of benzene rings is 1. The van der Waals surface area contributed by atoms with E-state index in [2.05, 4.69) is 10.6 Å². The molecular weight excluding hydrogens is 364 g/mol. The summed E-state index contributed by atoms with van der Waals surface area (Å²) in [6.45, 7) is 0.600. The second-order valence-corrected chi connectivity index (χ2v) is 7.66. The number of carbonyl (C=O) groups is 4. The van der Waals surface area contributed by atoms with E-state index < -0.39 is 35.8 Å². The van der Waals surface area contributed by atoms with Gasteiger partial charge in [-0.05, 0) is 43.4 Å². The molecule has 3 aliphatic rings. The Labute approximate surface area is 161 Å². The van der Waals surface area contributed by atoms with Crippen molar-refractivity contribution < 1.29 is 24.3 Å². The average molecular weight is 386 g/mol. The molecule has 1 saturated carbocycles. The summed E-state index contributed by atoms with van der Waals surface area (Å²) in [6.07, 6.45) is 1.07. The van der Waals surface area contributed by atoms with Gasteiger partial charge in [0, 0.05) is 24.7 Å². The molecule has 148 valence electrons. The van der Waals surface area contributed by atoms with Crippen LogP contribution in [-0.4, -0.2) is 58.4 Å². The number of hydrogen-bond donors (Lipinski definition) is 4. The number of nitrogens with zero attached hydrogens (tertiary/aromatic N) is 1. The van der Waals surface area contributed by atoms with Crippen LogP contribution in [0.2, 0.25) is 0 Å². The highest BCUT2D eigenvalue weighted by Gasteiger charge is 2.44. The smallest absolute Gasteiger partial charge is 0.262 e. The number of amides is 4. The lowest BCUT2D eigenvalue weighted by atomic mass is 10.0. The molecule has 28 heavy (non-hydrogen) atoms. The van der Waals surface area contributed by atoms with E-state index in [1.165, 1.54) is 0 Å². The number of aliphatic hydroxyl groups excluding tert-OH is 1. The molecule has 1 aromatic carbocycles. The molecule has 0 radical (unpaired) electrons. The minimum atomic E-state index is -0.969. The highest BCUT2D eigenvalue weighted by Crippen LogP contribution is 2.30. The fourth-order valence-electron chi connectivity index (χ4n) is 4.16. The lowest BCUT2D eigenvalue weighted by molar-refractivity contribution is -0.136. The van der Waals surface area contributed by atoms with E-state index in [1.807, 2.05) is 0 Å². The van der Waals surface area contributed by atoms with E-state index in [0.717, 1.165) is 11.3 Å². The Bertz CT molecular complexity index is 860. The van der Waals surface area contributed by atoms with Crippen molar-refractivity contribution in [3.63, 3.8) is 0 Å². The SMILES string of the molecule is N[C@@H]1C[C@H](CNc2ccc3c(c2)C(=O)N(C2CCC(=O)NC2=O)C3=O)C[C@H]1O. The highest BCUT2D eigenvalue weighted by atomic mass is 16.3. The van der Waals surface area contributed by atoms with E-state index in [1.54, 1.807) is 18.2 Å². The molecule has 9 heteroatoms. The quantitative estimate of drug-likeness (QED) is 0.516. The first-order valence-electron chi connectivity index (χ1n) is 9.38. The van der Waals surface area contributed by atoms with Crippen LogP contribution in [0.25, 0.3) is 0 Å². The van der Waals surface area contributed by atoms with Gasteiger partial charge in [0.25, 0.3) is 11.8 Å². The van der Waals surface area contributed by atoms with Crippen molar-refractivity contribution in [1.82, 2.24) is 10.2 Å². The Hall–Kier alpha value is -2.78. The first-order chi connectivity index (χ1) is 13.3. The zero-order valence-corrected chi connectivity index (χ0v) is 15.2. The predicted molar refractivity (Wildman–Crippen MR) is 98.3 cm³/mol. The summed E-state index contributed by atoms with van der Waals surface area (Å²) in [5.74, 6) is -1.85. The van der Waals surface area contributed by atoms with Crippen LogP contribution >= 0.6 is 0 Å². The number of nitrogens with two attached hydrogens (primary N) is 1. The Balaban J connectivity index is 1.48. The van der Waals surface area contributed by atoms with Gasteiger partial charge in [-0.15, -0.1) is 0 Å². The van der Waals surface area contributed by atoms with Crippen molar-refractivity contribution in [2.75, 3.05) is 11.9 Å². The number of nitrogens with one attached hydrogen (secondary N) is 2. The second kappa shape index (κ2) is 6.99. The van der Waals surface area contributed by atoms with Crippen molar-refractivity contribution in [3.8, 4) is 0 Å². The first kappa shape index (κ1) is 18.6. The van der Waals surface area contributed by atoms with Gasteiger partial charge in [-0.2, -0.15) is 0 Å². The number of piperidine rings is 1. The molecule has 4 amide bonds. The molecule has 5 N–H and O–H groups in total. The number of carbonyl (C=O) groups excluding carboxylic acids is 4. The summed E-state index contributed by atoms with van der Waals surface area (Å²) < 4.78 is 0. The van der Waals surface area contributed by atoms with Gasteiger partial charge in [0.1, 0.15) is 6.04 Å². The number of rotatable bonds is 4. The third-order valence-corrected chi connectivity index (χ3v) is 5.71. The van der Waals surface area contributed by atoms with E-state index in [-0.39, 0.29) is 35.9 Å². The zero-order chi connectivity index (χ0) is 20.0. The Morgan fingerprint density at radius 1 is 1.14 bits per heavy atom. The zero-order valence-electron chi connectivity index (χ0n) is 15.2. The number of fused-ring (bicyclic) bond motifs is 1. The van der Waals surface area contributed by atoms with Gasteiger partial charge in [0.2, 0.25) is 11.8 Å². The maximum absolute atomic E-state index is 12.8. The normalized spacial score (nSPS) is 29.9. The lowest BCUT2D eigenvalue weighted by Crippen LogP contribution is -2.54. The van der Waals surface area contributed by atoms with Crippen molar-refractivity contribution >= 4 is 29.3 Å². The third kappa shape index (κ3) is 3.16. The molecule has 9 nitrogen and oxygen atoms in total. The fraction of sp³-hybridized carbons (Fsp3) is 0.474. The molecule has 1 aromatic rings. The summed E-state index contributed by atoms with van der Waals surface area (Å²) in [6, 6.07) is 3.70. The van der Waals surface area contributed by atoms with Crippen LogP contribution in [0.4, 0.5) is 5.69 Å². The summed E-state index contributed by atoms with van der Waals surface area (Å²) in [5.41, 5.74) is 7.00. The lowest BCUT2D eigenvalue weighted by Gasteiger charge is -2.27. The van der Waals surface area contributed by atoms with Gasteiger partial charge >= 0.3 is 0 Å². The van der Waals surface area contributed by atoms with Gasteiger partial charge in [-0.25, -0.2) is 0 Å². The second-order valence-electron chi connectivity index (χ2n) is 7.66. The number of hydrogen-bond acceptors (Lipinski definition) is 7. The average Bonchev–Trinajstić information content (AvgIpc) is 3.10. The van der Waals surface area contributed by atoms with Crippen LogP contribution in [0, 0.1) is 5.92 Å². The molecule has 2 fully saturated rings. The summed E-state index contributed by atoms with van der Waals surface area (Å²) >= 11 is 0. The molecule has 0 aromatic heterocycles. The van der Waals surface area contributed by atoms with Crippen LogP contribution in [-0.2, 0) is 9.59 Å². The highest BCUT2D eigenvalue weighted by molar-refractivity contribution is 6.23. The predicted octanol–water partition coefficient (Wildman–Crippen LogP) is -0.402. The van der Waals surface area contributed by atoms with Crippen LogP contribution < -0.4 is 16.4 Å². The Kier molecular flexibility index (Phi) is 4.64. The van der Waals surface area contributed by atoms with Crippen LogP contribution in [0.1, 0.15) is 46.4 Å². The fourth-order valence-corrected chi connectivity index (χ4v) is 4.16. The van der Waals surface area contributed by atoms with Crippen molar-refractivity contribution in [1.29, 1.82) is 0 Å². The molecule has 2 heterocycles. The summed E-state index contributed by atoms with van der Waals surface area (Å²) in [7, 11) is 0. The maximum atomic E-state index is 12.8. The van der Waals surface area contributed by atoms with Crippen molar-refractivity contribution in [2.45, 2.75) is 43.9 Å². The topological polar surface area (TPSA) is 142 Å². The van der Waals surface area contributed by atoms with Gasteiger partial charge in [0.15, 0.2) is 0 Å². The molecule has 0 spiro atoms. The van der Waals surface area contributed by atoms with Crippen molar-refractivity contribution in [2.24, 2.45) is 11.7 Å². The molecular formula is C19H22N4O5. The molecule has 4 rings (SSSR count). The number of imide groups is 2. The van der Waals surface area contributed by atoms with E-state index in [9.17, 15) is 24.3 Å². The molecule has 1 saturated heterocycles. The minimum absolute atomic E-state index is 0.0893. The van der Waals surface area contributed by atoms with Gasteiger partial charge in [-0.3, -0.25) is 29.4 Å². The van der Waals surface area contributed by atoms with E-state index in [4.69, 9.17) is 5.73 Å². The van der Waals surface area contributed by atoms with Crippen LogP contribution in [0.15, 0.2) is 18.2 Å². The number of aliphatic hydroxyl groups is 1. The van der Waals surface area contributed by atoms with Gasteiger partial charge in [0.05, 0.1) is 17.2 Å². The summed E-state index contributed by atoms with van der Waals surface area (Å²) in [4.78, 5) is 49.8. The van der Waals surface area contributed by atoms with Gasteiger partial charge < -0.3 is 16.2 Å². The van der Waals surface area contributed by atoms with Crippen molar-refractivity contribution in [3.05, 3.63) is 29.3 Å². The maximum Gasteiger partial charge on any atom is 0.262 e. The minimum Gasteiger partial charge on any atom is -0.392 e. The third-order valence-electron chi connectivity index (χ3n) is 5.71. The van der Waals surface area contributed by atoms with Gasteiger partial charge in [-0.1, -0.05) is 0 Å². The standard InChI is InChI=1S/C19H22N4O5/c20-13-5-9(6-15(13)24)8-21-10-1-2-11-12(7-10)19(28)23(18(11)27)14-3-4-16(25)22-17(14)26/h1-2,7,9,13-15,21,24H,3-6,8,20H2,(H,22,25,26)/t9-,13+,14?,15+/m0/s1.